The highest BCUT2D eigenvalue weighted by molar-refractivity contribution is 5.31. The molecule has 2 aromatic carbocycles. The van der Waals surface area contributed by atoms with Crippen LogP contribution in [-0.2, 0) is 0 Å². The number of phenolic OH excluding ortho intramolecular Hbond substituents is 1. The van der Waals surface area contributed by atoms with E-state index in [-0.39, 0.29) is 17.8 Å². The van der Waals surface area contributed by atoms with Crippen LogP contribution >= 0.6 is 0 Å². The van der Waals surface area contributed by atoms with Gasteiger partial charge in [-0.1, -0.05) is 42.5 Å². The van der Waals surface area contributed by atoms with Crippen LogP contribution in [0, 0.1) is 0 Å². The van der Waals surface area contributed by atoms with E-state index in [4.69, 9.17) is 11.5 Å². The van der Waals surface area contributed by atoms with E-state index in [0.29, 0.717) is 0 Å². The summed E-state index contributed by atoms with van der Waals surface area (Å²) in [6.07, 6.45) is 0. The number of nitrogens with two attached hydrogens (primary N) is 2. The summed E-state index contributed by atoms with van der Waals surface area (Å²) in [6.45, 7) is 0. The molecule has 2 aromatic rings. The van der Waals surface area contributed by atoms with Gasteiger partial charge in [0.2, 0.25) is 0 Å². The molecule has 3 heteroatoms. The molecule has 0 aliphatic heterocycles. The third-order valence-electron chi connectivity index (χ3n) is 2.85. The Bertz CT molecular complexity index is 467. The van der Waals surface area contributed by atoms with Gasteiger partial charge in [-0.25, -0.2) is 0 Å². The van der Waals surface area contributed by atoms with Crippen molar-refractivity contribution in [1.29, 1.82) is 0 Å². The van der Waals surface area contributed by atoms with Crippen LogP contribution in [0.25, 0.3) is 0 Å². The molecule has 2 unspecified atom stereocenters. The summed E-state index contributed by atoms with van der Waals surface area (Å²) in [5.74, 6) is 0.231. The Morgan fingerprint density at radius 1 is 0.706 bits per heavy atom. The fourth-order valence-corrected chi connectivity index (χ4v) is 1.79. The van der Waals surface area contributed by atoms with Crippen molar-refractivity contribution in [3.63, 3.8) is 0 Å². The Balaban J connectivity index is 2.20. The fourth-order valence-electron chi connectivity index (χ4n) is 1.79. The van der Waals surface area contributed by atoms with Crippen molar-refractivity contribution in [2.24, 2.45) is 11.5 Å². The van der Waals surface area contributed by atoms with Crippen molar-refractivity contribution in [2.75, 3.05) is 0 Å². The van der Waals surface area contributed by atoms with Gasteiger partial charge in [0.15, 0.2) is 0 Å². The maximum Gasteiger partial charge on any atom is 0.115 e. The number of rotatable bonds is 3. The third kappa shape index (κ3) is 2.64. The summed E-state index contributed by atoms with van der Waals surface area (Å²) in [4.78, 5) is 0. The molecule has 0 aromatic heterocycles. The zero-order chi connectivity index (χ0) is 12.3. The Morgan fingerprint density at radius 2 is 1.18 bits per heavy atom. The minimum atomic E-state index is -0.280. The van der Waals surface area contributed by atoms with Gasteiger partial charge in [0.1, 0.15) is 5.75 Å². The molecule has 0 saturated carbocycles. The van der Waals surface area contributed by atoms with Gasteiger partial charge in [-0.15, -0.1) is 0 Å². The molecule has 0 amide bonds. The van der Waals surface area contributed by atoms with Crippen LogP contribution < -0.4 is 11.5 Å². The standard InChI is InChI=1S/C14H16N2O/c15-13(10-4-2-1-3-5-10)14(16)11-6-8-12(17)9-7-11/h1-9,13-14,17H,15-16H2. The smallest absolute Gasteiger partial charge is 0.115 e. The summed E-state index contributed by atoms with van der Waals surface area (Å²) >= 11 is 0. The van der Waals surface area contributed by atoms with Crippen LogP contribution in [0.4, 0.5) is 0 Å². The van der Waals surface area contributed by atoms with E-state index in [1.165, 1.54) is 0 Å². The summed E-state index contributed by atoms with van der Waals surface area (Å²) in [6, 6.07) is 16.1. The van der Waals surface area contributed by atoms with Gasteiger partial charge in [-0.05, 0) is 23.3 Å². The molecule has 0 spiro atoms. The highest BCUT2D eigenvalue weighted by Gasteiger charge is 2.16. The van der Waals surface area contributed by atoms with E-state index in [1.807, 2.05) is 30.3 Å². The molecule has 0 saturated heterocycles. The van der Waals surface area contributed by atoms with Crippen LogP contribution in [-0.4, -0.2) is 5.11 Å². The summed E-state index contributed by atoms with van der Waals surface area (Å²) in [5.41, 5.74) is 14.2. The quantitative estimate of drug-likeness (QED) is 0.753. The lowest BCUT2D eigenvalue weighted by Gasteiger charge is -2.20. The first-order valence-corrected chi connectivity index (χ1v) is 5.53. The molecule has 0 fully saturated rings. The molecule has 2 rings (SSSR count). The van der Waals surface area contributed by atoms with Crippen molar-refractivity contribution in [2.45, 2.75) is 12.1 Å². The molecule has 0 aliphatic rings. The van der Waals surface area contributed by atoms with Gasteiger partial charge in [-0.2, -0.15) is 0 Å². The van der Waals surface area contributed by atoms with Gasteiger partial charge in [0, 0.05) is 12.1 Å². The molecular weight excluding hydrogens is 212 g/mol. The largest absolute Gasteiger partial charge is 0.508 e. The summed E-state index contributed by atoms with van der Waals surface area (Å²) in [7, 11) is 0. The first kappa shape index (κ1) is 11.6. The van der Waals surface area contributed by atoms with E-state index in [1.54, 1.807) is 24.3 Å². The molecule has 17 heavy (non-hydrogen) atoms. The van der Waals surface area contributed by atoms with Crippen LogP contribution in [0.1, 0.15) is 23.2 Å². The van der Waals surface area contributed by atoms with Crippen LogP contribution in [0.15, 0.2) is 54.6 Å². The number of aromatic hydroxyl groups is 1. The first-order chi connectivity index (χ1) is 8.18. The predicted octanol–water partition coefficient (Wildman–Crippen LogP) is 2.09. The van der Waals surface area contributed by atoms with Crippen molar-refractivity contribution in [3.05, 3.63) is 65.7 Å². The second-order valence-corrected chi connectivity index (χ2v) is 4.05. The number of hydrogen-bond acceptors (Lipinski definition) is 3. The van der Waals surface area contributed by atoms with Gasteiger partial charge in [0.25, 0.3) is 0 Å². The molecule has 0 aliphatic carbocycles. The maximum atomic E-state index is 9.22. The minimum absolute atomic E-state index is 0.231. The minimum Gasteiger partial charge on any atom is -0.508 e. The van der Waals surface area contributed by atoms with Crippen molar-refractivity contribution < 1.29 is 5.11 Å². The molecular formula is C14H16N2O. The zero-order valence-corrected chi connectivity index (χ0v) is 9.45. The van der Waals surface area contributed by atoms with E-state index in [0.717, 1.165) is 11.1 Å². The number of benzene rings is 2. The van der Waals surface area contributed by atoms with Gasteiger partial charge >= 0.3 is 0 Å². The molecule has 2 atom stereocenters. The highest BCUT2D eigenvalue weighted by atomic mass is 16.3. The topological polar surface area (TPSA) is 72.3 Å². The first-order valence-electron chi connectivity index (χ1n) is 5.53. The van der Waals surface area contributed by atoms with E-state index >= 15 is 0 Å². The second kappa shape index (κ2) is 4.99. The lowest BCUT2D eigenvalue weighted by Crippen LogP contribution is -2.26. The third-order valence-corrected chi connectivity index (χ3v) is 2.85. The maximum absolute atomic E-state index is 9.22. The van der Waals surface area contributed by atoms with Gasteiger partial charge in [-0.3, -0.25) is 0 Å². The number of hydrogen-bond donors (Lipinski definition) is 3. The van der Waals surface area contributed by atoms with E-state index < -0.39 is 0 Å². The van der Waals surface area contributed by atoms with E-state index in [2.05, 4.69) is 0 Å². The predicted molar refractivity (Wildman–Crippen MR) is 68.4 cm³/mol. The molecule has 5 N–H and O–H groups in total. The van der Waals surface area contributed by atoms with Gasteiger partial charge in [0.05, 0.1) is 0 Å². The van der Waals surface area contributed by atoms with Crippen LogP contribution in [0.5, 0.6) is 5.75 Å². The molecule has 0 bridgehead atoms. The summed E-state index contributed by atoms with van der Waals surface area (Å²) < 4.78 is 0. The monoisotopic (exact) mass is 228 g/mol. The molecule has 0 heterocycles. The average Bonchev–Trinajstić information content (AvgIpc) is 2.39. The van der Waals surface area contributed by atoms with Crippen molar-refractivity contribution >= 4 is 0 Å². The normalized spacial score (nSPS) is 14.2. The second-order valence-electron chi connectivity index (χ2n) is 4.05. The zero-order valence-electron chi connectivity index (χ0n) is 9.45. The Kier molecular flexibility index (Phi) is 3.42. The number of phenols is 1. The SMILES string of the molecule is NC(c1ccccc1)C(N)c1ccc(O)cc1. The van der Waals surface area contributed by atoms with Gasteiger partial charge < -0.3 is 16.6 Å². The molecule has 88 valence electrons. The highest BCUT2D eigenvalue weighted by Crippen LogP contribution is 2.25. The Labute approximate surface area is 101 Å². The molecule has 0 radical (unpaired) electrons. The molecule has 3 nitrogen and oxygen atoms in total. The Hall–Kier alpha value is -1.84. The average molecular weight is 228 g/mol. The van der Waals surface area contributed by atoms with E-state index in [9.17, 15) is 5.11 Å². The lowest BCUT2D eigenvalue weighted by molar-refractivity contribution is 0.474. The summed E-state index contributed by atoms with van der Waals surface area (Å²) in [5, 5.41) is 9.22. The van der Waals surface area contributed by atoms with Crippen molar-refractivity contribution in [3.8, 4) is 5.75 Å². The fraction of sp³-hybridized carbons (Fsp3) is 0.143. The lowest BCUT2D eigenvalue weighted by atomic mass is 9.95. The van der Waals surface area contributed by atoms with Crippen LogP contribution in [0.2, 0.25) is 0 Å². The Morgan fingerprint density at radius 3 is 1.71 bits per heavy atom. The van der Waals surface area contributed by atoms with Crippen LogP contribution in [0.3, 0.4) is 0 Å². The van der Waals surface area contributed by atoms with Crippen molar-refractivity contribution in [1.82, 2.24) is 0 Å².